The minimum absolute atomic E-state index is 0.122. The minimum atomic E-state index is -1.29. The summed E-state index contributed by atoms with van der Waals surface area (Å²) in [6, 6.07) is -1.24. The minimum Gasteiger partial charge on any atom is -0.481 e. The fourth-order valence-electron chi connectivity index (χ4n) is 0.840. The summed E-state index contributed by atoms with van der Waals surface area (Å²) in [6.07, 6.45) is -1.37. The largest absolute Gasteiger partial charge is 0.481 e. The average molecular weight is 249 g/mol. The van der Waals surface area contributed by atoms with E-state index in [1.165, 1.54) is 0 Å². The van der Waals surface area contributed by atoms with Gasteiger partial charge in [0.2, 0.25) is 0 Å². The van der Waals surface area contributed by atoms with Crippen molar-refractivity contribution in [3.63, 3.8) is 0 Å². The molecule has 100 valence electrons. The van der Waals surface area contributed by atoms with Crippen LogP contribution in [0.25, 0.3) is 0 Å². The Kier molecular flexibility index (Phi) is 11.1. The third-order valence-electron chi connectivity index (χ3n) is 1.51. The lowest BCUT2D eigenvalue weighted by Crippen LogP contribution is -2.41. The first-order chi connectivity index (χ1) is 7.97. The molecule has 0 aromatic carbocycles. The Balaban J connectivity index is 0. The highest BCUT2D eigenvalue weighted by molar-refractivity contribution is 5.80. The molecular formula is C10H19NO6. The van der Waals surface area contributed by atoms with Gasteiger partial charge in [-0.15, -0.1) is 0 Å². The van der Waals surface area contributed by atoms with E-state index in [0.29, 0.717) is 0 Å². The first kappa shape index (κ1) is 17.6. The maximum absolute atomic E-state index is 10.9. The highest BCUT2D eigenvalue weighted by Crippen LogP contribution is 1.98. The van der Waals surface area contributed by atoms with E-state index in [9.17, 15) is 14.4 Å². The van der Waals surface area contributed by atoms with Crippen LogP contribution in [0.15, 0.2) is 0 Å². The number of carboxylic acids is 2. The Morgan fingerprint density at radius 1 is 1.24 bits per heavy atom. The maximum atomic E-state index is 10.9. The predicted octanol–water partition coefficient (Wildman–Crippen LogP) is 1.08. The van der Waals surface area contributed by atoms with Crippen molar-refractivity contribution in [2.24, 2.45) is 0 Å². The second kappa shape index (κ2) is 10.7. The van der Waals surface area contributed by atoms with E-state index in [4.69, 9.17) is 10.2 Å². The van der Waals surface area contributed by atoms with Crippen molar-refractivity contribution in [2.45, 2.75) is 39.7 Å². The molecule has 0 saturated heterocycles. The highest BCUT2D eigenvalue weighted by atomic mass is 16.5. The predicted molar refractivity (Wildman–Crippen MR) is 59.8 cm³/mol. The van der Waals surface area contributed by atoms with Gasteiger partial charge >= 0.3 is 18.0 Å². The van der Waals surface area contributed by atoms with Gasteiger partial charge in [-0.25, -0.2) is 9.59 Å². The lowest BCUT2D eigenvalue weighted by molar-refractivity contribution is -0.140. The standard InChI is InChI=1S/C8H13NO6.C2H6/c1-2-15-8(14)9-5(7(12)13)3-4-6(10)11;1-2/h5H,2-4H2,1H3,(H,9,14)(H,10,11)(H,12,13);1-2H3. The lowest BCUT2D eigenvalue weighted by Gasteiger charge is -2.12. The van der Waals surface area contributed by atoms with E-state index in [1.807, 2.05) is 19.2 Å². The molecule has 0 spiro atoms. The molecule has 0 saturated carbocycles. The smallest absolute Gasteiger partial charge is 0.407 e. The van der Waals surface area contributed by atoms with E-state index in [1.54, 1.807) is 6.92 Å². The number of alkyl carbamates (subject to hydrolysis) is 1. The third-order valence-corrected chi connectivity index (χ3v) is 1.51. The monoisotopic (exact) mass is 249 g/mol. The van der Waals surface area contributed by atoms with Crippen molar-refractivity contribution < 1.29 is 29.3 Å². The molecule has 0 rings (SSSR count). The molecule has 0 aliphatic rings. The third kappa shape index (κ3) is 10.5. The number of carbonyl (C=O) groups excluding carboxylic acids is 1. The summed E-state index contributed by atoms with van der Waals surface area (Å²) in [5, 5.41) is 19.0. The van der Waals surface area contributed by atoms with Crippen molar-refractivity contribution >= 4 is 18.0 Å². The summed E-state index contributed by atoms with van der Waals surface area (Å²) in [6.45, 7) is 5.70. The molecule has 0 aliphatic heterocycles. The number of aliphatic carboxylic acids is 2. The second-order valence-electron chi connectivity index (χ2n) is 2.69. The second-order valence-corrected chi connectivity index (χ2v) is 2.69. The van der Waals surface area contributed by atoms with Gasteiger partial charge in [-0.3, -0.25) is 4.79 Å². The SMILES string of the molecule is CC.CCOC(=O)NC(CCC(=O)O)C(=O)O. The van der Waals surface area contributed by atoms with Crippen LogP contribution in [0.1, 0.15) is 33.6 Å². The van der Waals surface area contributed by atoms with Crippen molar-refractivity contribution in [3.8, 4) is 0 Å². The van der Waals surface area contributed by atoms with Crippen LogP contribution in [0.4, 0.5) is 4.79 Å². The molecule has 17 heavy (non-hydrogen) atoms. The van der Waals surface area contributed by atoms with Gasteiger partial charge in [0, 0.05) is 6.42 Å². The Morgan fingerprint density at radius 3 is 2.12 bits per heavy atom. The van der Waals surface area contributed by atoms with Gasteiger partial charge in [-0.2, -0.15) is 0 Å². The molecule has 7 heteroatoms. The zero-order valence-corrected chi connectivity index (χ0v) is 10.2. The van der Waals surface area contributed by atoms with E-state index in [0.717, 1.165) is 0 Å². The van der Waals surface area contributed by atoms with Crippen molar-refractivity contribution in [1.82, 2.24) is 5.32 Å². The van der Waals surface area contributed by atoms with Crippen LogP contribution in [0.5, 0.6) is 0 Å². The lowest BCUT2D eigenvalue weighted by atomic mass is 10.1. The Labute approximate surface area is 99.8 Å². The van der Waals surface area contributed by atoms with Crippen LogP contribution in [-0.2, 0) is 14.3 Å². The Bertz CT molecular complexity index is 253. The Morgan fingerprint density at radius 2 is 1.76 bits per heavy atom. The maximum Gasteiger partial charge on any atom is 0.407 e. The van der Waals surface area contributed by atoms with Gasteiger partial charge in [0.25, 0.3) is 0 Å². The molecule has 1 atom stereocenters. The molecule has 0 heterocycles. The number of hydrogen-bond acceptors (Lipinski definition) is 4. The Hall–Kier alpha value is -1.79. The van der Waals surface area contributed by atoms with Gasteiger partial charge in [0.1, 0.15) is 6.04 Å². The first-order valence-corrected chi connectivity index (χ1v) is 5.35. The van der Waals surface area contributed by atoms with Gasteiger partial charge < -0.3 is 20.3 Å². The summed E-state index contributed by atoms with van der Waals surface area (Å²) in [7, 11) is 0. The van der Waals surface area contributed by atoms with Gasteiger partial charge in [-0.1, -0.05) is 13.8 Å². The van der Waals surface area contributed by atoms with Crippen molar-refractivity contribution in [2.75, 3.05) is 6.61 Å². The van der Waals surface area contributed by atoms with Crippen LogP contribution in [0.2, 0.25) is 0 Å². The summed E-state index contributed by atoms with van der Waals surface area (Å²) < 4.78 is 4.47. The van der Waals surface area contributed by atoms with Crippen LogP contribution >= 0.6 is 0 Å². The number of rotatable bonds is 6. The summed E-state index contributed by atoms with van der Waals surface area (Å²) in [4.78, 5) is 31.6. The molecule has 0 radical (unpaired) electrons. The zero-order valence-electron chi connectivity index (χ0n) is 10.2. The number of carboxylic acid groups (broad SMARTS) is 2. The van der Waals surface area contributed by atoms with Crippen LogP contribution < -0.4 is 5.32 Å². The molecule has 0 aliphatic carbocycles. The van der Waals surface area contributed by atoms with Gasteiger partial charge in [0.15, 0.2) is 0 Å². The fourth-order valence-corrected chi connectivity index (χ4v) is 0.840. The van der Waals surface area contributed by atoms with Crippen LogP contribution in [0.3, 0.4) is 0 Å². The topological polar surface area (TPSA) is 113 Å². The molecule has 1 unspecified atom stereocenters. The summed E-state index contributed by atoms with van der Waals surface area (Å²) >= 11 is 0. The average Bonchev–Trinajstić information content (AvgIpc) is 2.26. The van der Waals surface area contributed by atoms with Crippen molar-refractivity contribution in [1.29, 1.82) is 0 Å². The molecule has 0 bridgehead atoms. The van der Waals surface area contributed by atoms with Crippen LogP contribution in [-0.4, -0.2) is 40.9 Å². The number of amides is 1. The van der Waals surface area contributed by atoms with Gasteiger partial charge in [0.05, 0.1) is 6.61 Å². The molecule has 0 aromatic heterocycles. The molecule has 1 amide bonds. The van der Waals surface area contributed by atoms with E-state index < -0.39 is 24.1 Å². The summed E-state index contributed by atoms with van der Waals surface area (Å²) in [5.74, 6) is -2.41. The molecule has 3 N–H and O–H groups in total. The molecule has 0 aromatic rings. The van der Waals surface area contributed by atoms with Crippen LogP contribution in [0, 0.1) is 0 Å². The number of nitrogens with one attached hydrogen (secondary N) is 1. The fraction of sp³-hybridized carbons (Fsp3) is 0.700. The quantitative estimate of drug-likeness (QED) is 0.649. The summed E-state index contributed by atoms with van der Waals surface area (Å²) in [5.41, 5.74) is 0. The van der Waals surface area contributed by atoms with E-state index >= 15 is 0 Å². The number of carbonyl (C=O) groups is 3. The molecule has 7 nitrogen and oxygen atoms in total. The normalized spacial score (nSPS) is 10.5. The number of ether oxygens (including phenoxy) is 1. The zero-order chi connectivity index (χ0) is 13.8. The molecular weight excluding hydrogens is 230 g/mol. The number of hydrogen-bond donors (Lipinski definition) is 3. The van der Waals surface area contributed by atoms with E-state index in [-0.39, 0.29) is 19.4 Å². The highest BCUT2D eigenvalue weighted by Gasteiger charge is 2.21. The van der Waals surface area contributed by atoms with Crippen molar-refractivity contribution in [3.05, 3.63) is 0 Å². The van der Waals surface area contributed by atoms with E-state index in [2.05, 4.69) is 4.74 Å². The van der Waals surface area contributed by atoms with Gasteiger partial charge in [-0.05, 0) is 13.3 Å². The first-order valence-electron chi connectivity index (χ1n) is 5.35. The molecule has 0 fully saturated rings.